The third-order valence-corrected chi connectivity index (χ3v) is 4.30. The molecule has 1 rings (SSSR count). The van der Waals surface area contributed by atoms with Crippen molar-refractivity contribution in [2.45, 2.75) is 71.8 Å². The van der Waals surface area contributed by atoms with Gasteiger partial charge in [0.2, 0.25) is 0 Å². The minimum atomic E-state index is 0.712. The Morgan fingerprint density at radius 1 is 1.28 bits per heavy atom. The zero-order chi connectivity index (χ0) is 13.2. The molecule has 3 atom stereocenters. The Morgan fingerprint density at radius 2 is 2.11 bits per heavy atom. The Hall–Kier alpha value is -0.0800. The zero-order valence-electron chi connectivity index (χ0n) is 12.7. The van der Waals surface area contributed by atoms with Crippen molar-refractivity contribution in [3.63, 3.8) is 0 Å². The van der Waals surface area contributed by atoms with E-state index >= 15 is 0 Å². The minimum absolute atomic E-state index is 0.712. The summed E-state index contributed by atoms with van der Waals surface area (Å²) in [5, 5.41) is 3.70. The van der Waals surface area contributed by atoms with Crippen LogP contribution in [0.4, 0.5) is 0 Å². The molecule has 0 aromatic rings. The van der Waals surface area contributed by atoms with Crippen LogP contribution in [0.1, 0.15) is 65.7 Å². The highest BCUT2D eigenvalue weighted by atomic mass is 16.5. The summed E-state index contributed by atoms with van der Waals surface area (Å²) in [5.41, 5.74) is 0. The Balaban J connectivity index is 2.33. The molecule has 3 unspecified atom stereocenters. The van der Waals surface area contributed by atoms with E-state index in [1.165, 1.54) is 44.9 Å². The molecule has 1 aliphatic rings. The molecule has 0 spiro atoms. The number of nitrogens with one attached hydrogen (secondary N) is 1. The molecule has 0 bridgehead atoms. The first-order valence-electron chi connectivity index (χ1n) is 8.11. The summed E-state index contributed by atoms with van der Waals surface area (Å²) in [6, 6.07) is 0.712. The average Bonchev–Trinajstić information content (AvgIpc) is 2.87. The number of hydrogen-bond acceptors (Lipinski definition) is 2. The summed E-state index contributed by atoms with van der Waals surface area (Å²) >= 11 is 0. The average molecular weight is 255 g/mol. The highest BCUT2D eigenvalue weighted by molar-refractivity contribution is 4.77. The molecule has 0 aromatic heterocycles. The Morgan fingerprint density at radius 3 is 2.67 bits per heavy atom. The molecule has 2 heteroatoms. The van der Waals surface area contributed by atoms with Crippen LogP contribution in [0.25, 0.3) is 0 Å². The van der Waals surface area contributed by atoms with Gasteiger partial charge in [-0.25, -0.2) is 0 Å². The van der Waals surface area contributed by atoms with Gasteiger partial charge in [-0.1, -0.05) is 46.5 Å². The number of ether oxygens (including phenoxy) is 1. The van der Waals surface area contributed by atoms with E-state index in [1.54, 1.807) is 0 Å². The van der Waals surface area contributed by atoms with Crippen LogP contribution in [0.15, 0.2) is 0 Å². The van der Waals surface area contributed by atoms with Gasteiger partial charge in [-0.05, 0) is 37.6 Å². The maximum absolute atomic E-state index is 5.50. The van der Waals surface area contributed by atoms with E-state index in [9.17, 15) is 0 Å². The van der Waals surface area contributed by atoms with Crippen LogP contribution < -0.4 is 5.32 Å². The van der Waals surface area contributed by atoms with Gasteiger partial charge in [0, 0.05) is 19.3 Å². The van der Waals surface area contributed by atoms with Crippen LogP contribution in [-0.2, 0) is 4.74 Å². The molecule has 0 radical (unpaired) electrons. The maximum atomic E-state index is 5.50. The van der Waals surface area contributed by atoms with Crippen molar-refractivity contribution in [3.05, 3.63) is 0 Å². The fourth-order valence-electron chi connectivity index (χ4n) is 3.11. The molecule has 1 aliphatic heterocycles. The van der Waals surface area contributed by atoms with Crippen LogP contribution in [0.5, 0.6) is 0 Å². The monoisotopic (exact) mass is 255 g/mol. The summed E-state index contributed by atoms with van der Waals surface area (Å²) in [4.78, 5) is 0. The van der Waals surface area contributed by atoms with Gasteiger partial charge in [-0.15, -0.1) is 0 Å². The highest BCUT2D eigenvalue weighted by Gasteiger charge is 2.22. The summed E-state index contributed by atoms with van der Waals surface area (Å²) in [6.07, 6.45) is 9.42. The lowest BCUT2D eigenvalue weighted by atomic mass is 9.88. The van der Waals surface area contributed by atoms with Gasteiger partial charge in [-0.3, -0.25) is 0 Å². The van der Waals surface area contributed by atoms with Gasteiger partial charge >= 0.3 is 0 Å². The van der Waals surface area contributed by atoms with E-state index in [4.69, 9.17) is 4.74 Å². The third-order valence-electron chi connectivity index (χ3n) is 4.30. The summed E-state index contributed by atoms with van der Waals surface area (Å²) in [6.45, 7) is 9.95. The molecule has 0 aliphatic carbocycles. The number of rotatable bonds is 10. The smallest absolute Gasteiger partial charge is 0.0495 e. The number of hydrogen-bond donors (Lipinski definition) is 1. The minimum Gasteiger partial charge on any atom is -0.381 e. The lowest BCUT2D eigenvalue weighted by Crippen LogP contribution is -2.33. The van der Waals surface area contributed by atoms with Gasteiger partial charge in [0.1, 0.15) is 0 Å². The van der Waals surface area contributed by atoms with Crippen molar-refractivity contribution in [1.29, 1.82) is 0 Å². The van der Waals surface area contributed by atoms with Gasteiger partial charge in [0.15, 0.2) is 0 Å². The Kier molecular flexibility index (Phi) is 8.70. The van der Waals surface area contributed by atoms with Gasteiger partial charge < -0.3 is 10.1 Å². The molecule has 0 saturated carbocycles. The second kappa shape index (κ2) is 9.80. The maximum Gasteiger partial charge on any atom is 0.0495 e. The lowest BCUT2D eigenvalue weighted by Gasteiger charge is -2.25. The summed E-state index contributed by atoms with van der Waals surface area (Å²) in [7, 11) is 0. The summed E-state index contributed by atoms with van der Waals surface area (Å²) in [5.74, 6) is 1.72. The van der Waals surface area contributed by atoms with Gasteiger partial charge in [-0.2, -0.15) is 0 Å². The first-order valence-corrected chi connectivity index (χ1v) is 8.11. The van der Waals surface area contributed by atoms with Crippen LogP contribution in [0.3, 0.4) is 0 Å². The topological polar surface area (TPSA) is 21.3 Å². The summed E-state index contributed by atoms with van der Waals surface area (Å²) < 4.78 is 5.50. The molecule has 1 N–H and O–H groups in total. The van der Waals surface area contributed by atoms with Crippen molar-refractivity contribution in [3.8, 4) is 0 Å². The second-order valence-electron chi connectivity index (χ2n) is 5.87. The molecule has 0 aromatic carbocycles. The molecule has 1 saturated heterocycles. The molecular formula is C16H33NO. The fraction of sp³-hybridized carbons (Fsp3) is 1.00. The quantitative estimate of drug-likeness (QED) is 0.637. The standard InChI is InChI=1S/C16H33NO/c1-4-7-8-14(5-2)11-16(17-6-3)12-15-9-10-18-13-15/h14-17H,4-13H2,1-3H3. The first kappa shape index (κ1) is 16.0. The van der Waals surface area contributed by atoms with E-state index in [1.807, 2.05) is 0 Å². The van der Waals surface area contributed by atoms with Crippen molar-refractivity contribution >= 4 is 0 Å². The van der Waals surface area contributed by atoms with E-state index in [2.05, 4.69) is 26.1 Å². The SMILES string of the molecule is CCCCC(CC)CC(CC1CCOC1)NCC. The molecule has 18 heavy (non-hydrogen) atoms. The van der Waals surface area contributed by atoms with Crippen molar-refractivity contribution in [2.24, 2.45) is 11.8 Å². The molecule has 0 amide bonds. The van der Waals surface area contributed by atoms with Crippen molar-refractivity contribution in [1.82, 2.24) is 5.32 Å². The van der Waals surface area contributed by atoms with Crippen LogP contribution in [0, 0.1) is 11.8 Å². The molecule has 1 heterocycles. The largest absolute Gasteiger partial charge is 0.381 e. The molecular weight excluding hydrogens is 222 g/mol. The van der Waals surface area contributed by atoms with E-state index in [-0.39, 0.29) is 0 Å². The molecule has 108 valence electrons. The van der Waals surface area contributed by atoms with E-state index in [0.717, 1.165) is 31.6 Å². The van der Waals surface area contributed by atoms with Crippen LogP contribution in [0.2, 0.25) is 0 Å². The molecule has 1 fully saturated rings. The van der Waals surface area contributed by atoms with E-state index in [0.29, 0.717) is 6.04 Å². The highest BCUT2D eigenvalue weighted by Crippen LogP contribution is 2.24. The zero-order valence-corrected chi connectivity index (χ0v) is 12.7. The van der Waals surface area contributed by atoms with Gasteiger partial charge in [0.25, 0.3) is 0 Å². The predicted octanol–water partition coefficient (Wildman–Crippen LogP) is 4.00. The van der Waals surface area contributed by atoms with Crippen molar-refractivity contribution in [2.75, 3.05) is 19.8 Å². The first-order chi connectivity index (χ1) is 8.80. The Bertz CT molecular complexity index is 190. The van der Waals surface area contributed by atoms with Crippen molar-refractivity contribution < 1.29 is 4.74 Å². The fourth-order valence-corrected chi connectivity index (χ4v) is 3.11. The third kappa shape index (κ3) is 6.19. The second-order valence-corrected chi connectivity index (χ2v) is 5.87. The lowest BCUT2D eigenvalue weighted by molar-refractivity contribution is 0.179. The molecule has 2 nitrogen and oxygen atoms in total. The Labute approximate surface area is 114 Å². The van der Waals surface area contributed by atoms with Crippen LogP contribution in [-0.4, -0.2) is 25.8 Å². The van der Waals surface area contributed by atoms with Gasteiger partial charge in [0.05, 0.1) is 0 Å². The normalized spacial score (nSPS) is 23.2. The van der Waals surface area contributed by atoms with Crippen LogP contribution >= 0.6 is 0 Å². The number of unbranched alkanes of at least 4 members (excludes halogenated alkanes) is 1. The predicted molar refractivity (Wildman–Crippen MR) is 78.9 cm³/mol. The van der Waals surface area contributed by atoms with E-state index < -0.39 is 0 Å².